The molecule has 0 saturated carbocycles. The molecule has 1 saturated heterocycles. The van der Waals surface area contributed by atoms with Gasteiger partial charge < -0.3 is 24.6 Å². The van der Waals surface area contributed by atoms with Crippen LogP contribution >= 0.6 is 0 Å². The van der Waals surface area contributed by atoms with Crippen LogP contribution in [0.3, 0.4) is 0 Å². The molecule has 0 radical (unpaired) electrons. The Morgan fingerprint density at radius 2 is 1.75 bits per heavy atom. The Kier molecular flexibility index (Phi) is 10.6. The molecule has 0 aliphatic carbocycles. The van der Waals surface area contributed by atoms with Crippen molar-refractivity contribution in [3.8, 4) is 0 Å². The van der Waals surface area contributed by atoms with E-state index in [4.69, 9.17) is 0 Å². The topological polar surface area (TPSA) is 73.2 Å². The second-order valence-electron chi connectivity index (χ2n) is 9.11. The van der Waals surface area contributed by atoms with Crippen LogP contribution in [0.5, 0.6) is 0 Å². The number of nitrogens with zero attached hydrogens (tertiary/aromatic N) is 5. The van der Waals surface area contributed by atoms with Gasteiger partial charge in [-0.25, -0.2) is 0 Å². The fourth-order valence-corrected chi connectivity index (χ4v) is 3.98. The van der Waals surface area contributed by atoms with E-state index in [9.17, 15) is 9.59 Å². The molecule has 8 heteroatoms. The zero-order chi connectivity index (χ0) is 23.5. The van der Waals surface area contributed by atoms with E-state index in [1.54, 1.807) is 7.05 Å². The molecular weight excluding hydrogens is 404 g/mol. The van der Waals surface area contributed by atoms with Crippen molar-refractivity contribution in [1.29, 1.82) is 0 Å². The summed E-state index contributed by atoms with van der Waals surface area (Å²) in [4.78, 5) is 35.0. The average Bonchev–Trinajstić information content (AvgIpc) is 3.16. The summed E-state index contributed by atoms with van der Waals surface area (Å²) in [6.07, 6.45) is 6.13. The molecule has 1 fully saturated rings. The van der Waals surface area contributed by atoms with Crippen LogP contribution in [0.4, 0.5) is 0 Å². The zero-order valence-electron chi connectivity index (χ0n) is 20.6. The highest BCUT2D eigenvalue weighted by Crippen LogP contribution is 2.11. The Balaban J connectivity index is 1.58. The van der Waals surface area contributed by atoms with E-state index in [1.165, 1.54) is 5.69 Å². The van der Waals surface area contributed by atoms with Crippen molar-refractivity contribution in [2.24, 2.45) is 18.0 Å². The highest BCUT2D eigenvalue weighted by atomic mass is 16.2. The molecule has 0 atom stereocenters. The van der Waals surface area contributed by atoms with Crippen molar-refractivity contribution in [3.63, 3.8) is 0 Å². The number of nitrogens with one attached hydrogen (secondary N) is 1. The van der Waals surface area contributed by atoms with E-state index in [1.807, 2.05) is 36.2 Å². The second kappa shape index (κ2) is 13.1. The van der Waals surface area contributed by atoms with E-state index in [0.717, 1.165) is 38.3 Å². The number of carbonyl (C=O) groups is 2. The summed E-state index contributed by atoms with van der Waals surface area (Å²) in [6.45, 7) is 8.41. The lowest BCUT2D eigenvalue weighted by Crippen LogP contribution is -2.50. The Morgan fingerprint density at radius 1 is 1.09 bits per heavy atom. The molecular formula is C24H42N6O2. The average molecular weight is 447 g/mol. The van der Waals surface area contributed by atoms with E-state index in [-0.39, 0.29) is 11.8 Å². The number of aliphatic imine (C=N–C) groups is 1. The molecule has 32 heavy (non-hydrogen) atoms. The SMILES string of the molecule is CN=C(NCCCCCC(=O)N1CCN(C(=O)CC(C)C)CC1)N(C)Cc1cccn1C. The number of amides is 2. The quantitative estimate of drug-likeness (QED) is 0.340. The second-order valence-corrected chi connectivity index (χ2v) is 9.11. The van der Waals surface area contributed by atoms with Crippen molar-refractivity contribution in [1.82, 2.24) is 24.6 Å². The highest BCUT2D eigenvalue weighted by Gasteiger charge is 2.23. The Hall–Kier alpha value is -2.51. The van der Waals surface area contributed by atoms with Crippen LogP contribution in [-0.2, 0) is 23.2 Å². The van der Waals surface area contributed by atoms with E-state index in [0.29, 0.717) is 44.9 Å². The molecule has 0 spiro atoms. The molecule has 1 N–H and O–H groups in total. The van der Waals surface area contributed by atoms with Gasteiger partial charge in [0.2, 0.25) is 11.8 Å². The number of rotatable bonds is 10. The van der Waals surface area contributed by atoms with Crippen molar-refractivity contribution in [2.75, 3.05) is 46.8 Å². The van der Waals surface area contributed by atoms with E-state index < -0.39 is 0 Å². The van der Waals surface area contributed by atoms with Crippen LogP contribution in [0, 0.1) is 5.92 Å². The first-order valence-corrected chi connectivity index (χ1v) is 11.9. The lowest BCUT2D eigenvalue weighted by atomic mass is 10.1. The first-order chi connectivity index (χ1) is 15.3. The van der Waals surface area contributed by atoms with Gasteiger partial charge in [0.05, 0.1) is 6.54 Å². The first kappa shape index (κ1) is 25.7. The predicted octanol–water partition coefficient (Wildman–Crippen LogP) is 2.31. The van der Waals surface area contributed by atoms with Crippen molar-refractivity contribution in [3.05, 3.63) is 24.0 Å². The number of guanidine groups is 1. The number of piperazine rings is 1. The number of hydrogen-bond donors (Lipinski definition) is 1. The maximum absolute atomic E-state index is 12.5. The minimum atomic E-state index is 0.212. The van der Waals surface area contributed by atoms with E-state index in [2.05, 4.69) is 39.7 Å². The van der Waals surface area contributed by atoms with Crippen LogP contribution in [0.1, 0.15) is 51.6 Å². The van der Waals surface area contributed by atoms with Gasteiger partial charge in [-0.15, -0.1) is 0 Å². The monoisotopic (exact) mass is 446 g/mol. The molecule has 2 heterocycles. The summed E-state index contributed by atoms with van der Waals surface area (Å²) >= 11 is 0. The molecule has 2 amide bonds. The van der Waals surface area contributed by atoms with Crippen LogP contribution < -0.4 is 5.32 Å². The lowest BCUT2D eigenvalue weighted by molar-refractivity contribution is -0.140. The Morgan fingerprint density at radius 3 is 2.31 bits per heavy atom. The summed E-state index contributed by atoms with van der Waals surface area (Å²) in [5.74, 6) is 1.68. The number of aromatic nitrogens is 1. The Labute approximate surface area is 193 Å². The normalized spacial score (nSPS) is 14.8. The third-order valence-corrected chi connectivity index (χ3v) is 5.94. The van der Waals surface area contributed by atoms with Crippen LogP contribution in [0.2, 0.25) is 0 Å². The van der Waals surface area contributed by atoms with Crippen LogP contribution in [0.15, 0.2) is 23.3 Å². The standard InChI is InChI=1S/C24H42N6O2/c1-20(2)18-23(32)30-16-14-29(15-17-30)22(31)11-7-6-8-12-26-24(25-3)28(5)19-21-10-9-13-27(21)4/h9-10,13,20H,6-8,11-12,14-19H2,1-5H3,(H,25,26). The summed E-state index contributed by atoms with van der Waals surface area (Å²) in [7, 11) is 5.89. The van der Waals surface area contributed by atoms with Crippen molar-refractivity contribution in [2.45, 2.75) is 52.5 Å². The van der Waals surface area contributed by atoms with Gasteiger partial charge in [0.15, 0.2) is 5.96 Å². The molecule has 1 aromatic rings. The largest absolute Gasteiger partial charge is 0.356 e. The Bertz CT molecular complexity index is 749. The molecule has 180 valence electrons. The van der Waals surface area contributed by atoms with Crippen LogP contribution in [-0.4, -0.2) is 83.9 Å². The fraction of sp³-hybridized carbons (Fsp3) is 0.708. The number of carbonyl (C=O) groups excluding carboxylic acids is 2. The first-order valence-electron chi connectivity index (χ1n) is 11.9. The molecule has 0 unspecified atom stereocenters. The smallest absolute Gasteiger partial charge is 0.222 e. The molecule has 0 aromatic carbocycles. The number of unbranched alkanes of at least 4 members (excludes halogenated alkanes) is 2. The van der Waals surface area contributed by atoms with Gasteiger partial charge in [0.25, 0.3) is 0 Å². The molecule has 2 rings (SSSR count). The van der Waals surface area contributed by atoms with Crippen LogP contribution in [0.25, 0.3) is 0 Å². The summed E-state index contributed by atoms with van der Waals surface area (Å²) in [5.41, 5.74) is 1.24. The minimum absolute atomic E-state index is 0.212. The van der Waals surface area contributed by atoms with Gasteiger partial charge in [-0.1, -0.05) is 20.3 Å². The van der Waals surface area contributed by atoms with Gasteiger partial charge in [0.1, 0.15) is 0 Å². The number of aryl methyl sites for hydroxylation is 1. The molecule has 1 aromatic heterocycles. The van der Waals surface area contributed by atoms with Gasteiger partial charge in [-0.2, -0.15) is 0 Å². The minimum Gasteiger partial charge on any atom is -0.356 e. The predicted molar refractivity (Wildman–Crippen MR) is 129 cm³/mol. The molecule has 8 nitrogen and oxygen atoms in total. The summed E-state index contributed by atoms with van der Waals surface area (Å²) < 4.78 is 2.12. The third-order valence-electron chi connectivity index (χ3n) is 5.94. The molecule has 1 aliphatic rings. The maximum Gasteiger partial charge on any atom is 0.222 e. The fourth-order valence-electron chi connectivity index (χ4n) is 3.98. The van der Waals surface area contributed by atoms with Crippen molar-refractivity contribution < 1.29 is 9.59 Å². The molecule has 0 bridgehead atoms. The highest BCUT2D eigenvalue weighted by molar-refractivity contribution is 5.79. The van der Waals surface area contributed by atoms with Gasteiger partial charge in [-0.05, 0) is 30.9 Å². The van der Waals surface area contributed by atoms with Gasteiger partial charge in [0, 0.05) is 78.6 Å². The van der Waals surface area contributed by atoms with Crippen molar-refractivity contribution >= 4 is 17.8 Å². The van der Waals surface area contributed by atoms with Gasteiger partial charge in [-0.3, -0.25) is 14.6 Å². The van der Waals surface area contributed by atoms with E-state index >= 15 is 0 Å². The summed E-state index contributed by atoms with van der Waals surface area (Å²) in [6, 6.07) is 4.16. The number of hydrogen-bond acceptors (Lipinski definition) is 3. The summed E-state index contributed by atoms with van der Waals surface area (Å²) in [5, 5.41) is 3.42. The van der Waals surface area contributed by atoms with Gasteiger partial charge >= 0.3 is 0 Å². The lowest BCUT2D eigenvalue weighted by Gasteiger charge is -2.35. The molecule has 1 aliphatic heterocycles. The third kappa shape index (κ3) is 8.20. The maximum atomic E-state index is 12.5. The zero-order valence-corrected chi connectivity index (χ0v) is 20.6.